The van der Waals surface area contributed by atoms with Crippen molar-refractivity contribution in [3.8, 4) is 0 Å². The lowest BCUT2D eigenvalue weighted by Crippen LogP contribution is -2.17. The smallest absolute Gasteiger partial charge is 0.271 e. The number of rotatable bonds is 7. The number of aryl methyl sites for hydroxylation is 1. The highest BCUT2D eigenvalue weighted by Gasteiger charge is 2.22. The van der Waals surface area contributed by atoms with E-state index >= 15 is 0 Å². The standard InChI is InChI=1S/C11H20N4O2/c1-4-5-6-7-15-10(8(2)17-3)9(11(12)16)13-14-15/h8H,4-7H2,1-3H3,(H2,12,16). The molecule has 0 aromatic carbocycles. The SMILES string of the molecule is CCCCCn1nnc(C(N)=O)c1C(C)OC. The molecule has 0 bridgehead atoms. The van der Waals surface area contributed by atoms with Gasteiger partial charge in [-0.25, -0.2) is 4.68 Å². The van der Waals surface area contributed by atoms with E-state index in [1.54, 1.807) is 11.8 Å². The van der Waals surface area contributed by atoms with E-state index in [0.29, 0.717) is 5.69 Å². The third kappa shape index (κ3) is 3.26. The molecule has 0 spiro atoms. The topological polar surface area (TPSA) is 83.0 Å². The minimum absolute atomic E-state index is 0.204. The maximum absolute atomic E-state index is 11.2. The summed E-state index contributed by atoms with van der Waals surface area (Å²) in [5, 5.41) is 7.79. The summed E-state index contributed by atoms with van der Waals surface area (Å²) in [6.45, 7) is 4.72. The molecule has 1 rings (SSSR count). The van der Waals surface area contributed by atoms with Gasteiger partial charge in [0, 0.05) is 13.7 Å². The van der Waals surface area contributed by atoms with Crippen LogP contribution in [0.25, 0.3) is 0 Å². The summed E-state index contributed by atoms with van der Waals surface area (Å²) < 4.78 is 6.94. The highest BCUT2D eigenvalue weighted by Crippen LogP contribution is 2.19. The summed E-state index contributed by atoms with van der Waals surface area (Å²) in [7, 11) is 1.58. The Bertz CT molecular complexity index is 376. The monoisotopic (exact) mass is 240 g/mol. The van der Waals surface area contributed by atoms with E-state index in [9.17, 15) is 4.79 Å². The number of nitrogens with zero attached hydrogens (tertiary/aromatic N) is 3. The number of nitrogens with two attached hydrogens (primary N) is 1. The molecule has 1 heterocycles. The van der Waals surface area contributed by atoms with Crippen molar-refractivity contribution in [1.82, 2.24) is 15.0 Å². The van der Waals surface area contributed by atoms with E-state index in [2.05, 4.69) is 17.2 Å². The molecule has 0 aliphatic heterocycles. The number of hydrogen-bond acceptors (Lipinski definition) is 4. The summed E-state index contributed by atoms with van der Waals surface area (Å²) in [5.74, 6) is -0.564. The number of primary amides is 1. The number of aromatic nitrogens is 3. The number of ether oxygens (including phenoxy) is 1. The lowest BCUT2D eigenvalue weighted by molar-refractivity contribution is 0.0960. The Morgan fingerprint density at radius 1 is 1.53 bits per heavy atom. The van der Waals surface area contributed by atoms with Gasteiger partial charge < -0.3 is 10.5 Å². The fourth-order valence-corrected chi connectivity index (χ4v) is 1.69. The molecule has 1 aromatic rings. The van der Waals surface area contributed by atoms with Gasteiger partial charge in [0.05, 0.1) is 6.10 Å². The summed E-state index contributed by atoms with van der Waals surface area (Å²) in [6.07, 6.45) is 3.01. The molecule has 2 N–H and O–H groups in total. The predicted molar refractivity (Wildman–Crippen MR) is 63.5 cm³/mol. The van der Waals surface area contributed by atoms with Crippen molar-refractivity contribution in [3.05, 3.63) is 11.4 Å². The molecule has 1 atom stereocenters. The number of unbranched alkanes of at least 4 members (excludes halogenated alkanes) is 2. The fourth-order valence-electron chi connectivity index (χ4n) is 1.69. The average molecular weight is 240 g/mol. The zero-order valence-electron chi connectivity index (χ0n) is 10.6. The van der Waals surface area contributed by atoms with Gasteiger partial charge in [-0.15, -0.1) is 5.10 Å². The van der Waals surface area contributed by atoms with E-state index in [1.165, 1.54) is 0 Å². The Hall–Kier alpha value is -1.43. The first-order valence-corrected chi connectivity index (χ1v) is 5.87. The van der Waals surface area contributed by atoms with Crippen LogP contribution in [0.15, 0.2) is 0 Å². The van der Waals surface area contributed by atoms with Crippen LogP contribution in [0.1, 0.15) is 55.4 Å². The maximum Gasteiger partial charge on any atom is 0.271 e. The van der Waals surface area contributed by atoms with Gasteiger partial charge in [0.1, 0.15) is 5.69 Å². The Labute approximate surface area is 101 Å². The van der Waals surface area contributed by atoms with Crippen molar-refractivity contribution >= 4 is 5.91 Å². The van der Waals surface area contributed by atoms with Gasteiger partial charge in [-0.1, -0.05) is 25.0 Å². The van der Waals surface area contributed by atoms with Gasteiger partial charge in [-0.3, -0.25) is 4.79 Å². The first-order chi connectivity index (χ1) is 8.11. The molecule has 0 saturated carbocycles. The Morgan fingerprint density at radius 2 is 2.24 bits per heavy atom. The second-order valence-electron chi connectivity index (χ2n) is 4.00. The van der Waals surface area contributed by atoms with Gasteiger partial charge in [-0.05, 0) is 13.3 Å². The van der Waals surface area contributed by atoms with Crippen molar-refractivity contribution in [1.29, 1.82) is 0 Å². The van der Waals surface area contributed by atoms with Crippen LogP contribution in [0.2, 0.25) is 0 Å². The molecule has 17 heavy (non-hydrogen) atoms. The number of hydrogen-bond donors (Lipinski definition) is 1. The number of methoxy groups -OCH3 is 1. The molecule has 0 radical (unpaired) electrons. The average Bonchev–Trinajstić information content (AvgIpc) is 2.72. The predicted octanol–water partition coefficient (Wildman–Crippen LogP) is 1.27. The van der Waals surface area contributed by atoms with Gasteiger partial charge in [0.25, 0.3) is 5.91 Å². The Kier molecular flexibility index (Phi) is 5.09. The summed E-state index contributed by atoms with van der Waals surface area (Å²) in [5.41, 5.74) is 6.13. The van der Waals surface area contributed by atoms with Crippen LogP contribution in [0.4, 0.5) is 0 Å². The van der Waals surface area contributed by atoms with E-state index in [-0.39, 0.29) is 11.8 Å². The lowest BCUT2D eigenvalue weighted by atomic mass is 10.2. The van der Waals surface area contributed by atoms with Crippen molar-refractivity contribution < 1.29 is 9.53 Å². The van der Waals surface area contributed by atoms with Crippen molar-refractivity contribution in [2.45, 2.75) is 45.8 Å². The van der Waals surface area contributed by atoms with Gasteiger partial charge in [0.15, 0.2) is 5.69 Å². The molecular weight excluding hydrogens is 220 g/mol. The molecule has 0 saturated heterocycles. The molecule has 0 aliphatic carbocycles. The minimum Gasteiger partial charge on any atom is -0.375 e. The summed E-state index contributed by atoms with van der Waals surface area (Å²) >= 11 is 0. The molecule has 0 fully saturated rings. The zero-order chi connectivity index (χ0) is 12.8. The van der Waals surface area contributed by atoms with Crippen LogP contribution < -0.4 is 5.73 Å². The van der Waals surface area contributed by atoms with Crippen molar-refractivity contribution in [2.75, 3.05) is 7.11 Å². The second-order valence-corrected chi connectivity index (χ2v) is 4.00. The molecular formula is C11H20N4O2. The fraction of sp³-hybridized carbons (Fsp3) is 0.727. The molecule has 6 heteroatoms. The van der Waals surface area contributed by atoms with Crippen LogP contribution in [0.3, 0.4) is 0 Å². The highest BCUT2D eigenvalue weighted by atomic mass is 16.5. The number of amides is 1. The van der Waals surface area contributed by atoms with Gasteiger partial charge in [0.2, 0.25) is 0 Å². The highest BCUT2D eigenvalue weighted by molar-refractivity contribution is 5.91. The molecule has 1 amide bonds. The molecule has 1 unspecified atom stereocenters. The number of carbonyl (C=O) groups is 1. The largest absolute Gasteiger partial charge is 0.375 e. The van der Waals surface area contributed by atoms with Crippen LogP contribution in [-0.4, -0.2) is 28.0 Å². The van der Waals surface area contributed by atoms with E-state index < -0.39 is 5.91 Å². The van der Waals surface area contributed by atoms with Crippen LogP contribution in [-0.2, 0) is 11.3 Å². The lowest BCUT2D eigenvalue weighted by Gasteiger charge is -2.12. The third-order valence-corrected chi connectivity index (χ3v) is 2.72. The van der Waals surface area contributed by atoms with E-state index in [4.69, 9.17) is 10.5 Å². The first kappa shape index (κ1) is 13.6. The van der Waals surface area contributed by atoms with Gasteiger partial charge >= 0.3 is 0 Å². The summed E-state index contributed by atoms with van der Waals surface area (Å²) in [4.78, 5) is 11.2. The van der Waals surface area contributed by atoms with Gasteiger partial charge in [-0.2, -0.15) is 0 Å². The second kappa shape index (κ2) is 6.34. The summed E-state index contributed by atoms with van der Waals surface area (Å²) in [6, 6.07) is 0. The maximum atomic E-state index is 11.2. The minimum atomic E-state index is -0.564. The molecule has 6 nitrogen and oxygen atoms in total. The van der Waals surface area contributed by atoms with E-state index in [0.717, 1.165) is 25.8 Å². The molecule has 0 aliphatic rings. The molecule has 96 valence electrons. The van der Waals surface area contributed by atoms with Crippen molar-refractivity contribution in [2.24, 2.45) is 5.73 Å². The quantitative estimate of drug-likeness (QED) is 0.727. The van der Waals surface area contributed by atoms with Crippen LogP contribution in [0, 0.1) is 0 Å². The molecule has 1 aromatic heterocycles. The van der Waals surface area contributed by atoms with E-state index in [1.807, 2.05) is 6.92 Å². The zero-order valence-corrected chi connectivity index (χ0v) is 10.6. The van der Waals surface area contributed by atoms with Crippen LogP contribution >= 0.6 is 0 Å². The normalized spacial score (nSPS) is 12.6. The van der Waals surface area contributed by atoms with Crippen molar-refractivity contribution in [3.63, 3.8) is 0 Å². The Morgan fingerprint density at radius 3 is 2.76 bits per heavy atom. The first-order valence-electron chi connectivity index (χ1n) is 5.87. The number of carbonyl (C=O) groups excluding carboxylic acids is 1. The third-order valence-electron chi connectivity index (χ3n) is 2.72. The Balaban J connectivity index is 2.92. The van der Waals surface area contributed by atoms with Crippen LogP contribution in [0.5, 0.6) is 0 Å².